The lowest BCUT2D eigenvalue weighted by molar-refractivity contribution is 0.954. The molecule has 0 amide bonds. The maximum absolute atomic E-state index is 4.89. The topological polar surface area (TPSA) is 17.8 Å². The van der Waals surface area contributed by atoms with E-state index in [2.05, 4.69) is 98.3 Å². The molecule has 0 bridgehead atoms. The number of rotatable bonds is 3. The number of hydrogen-bond donors (Lipinski definition) is 0. The molecule has 26 heavy (non-hydrogen) atoms. The second-order valence-corrected chi connectivity index (χ2v) is 6.70. The maximum Gasteiger partial charge on any atom is 0.110 e. The van der Waals surface area contributed by atoms with Gasteiger partial charge in [-0.05, 0) is 43.0 Å². The Bertz CT molecular complexity index is 1040. The molecule has 0 N–H and O–H groups in total. The predicted molar refractivity (Wildman–Crippen MR) is 109 cm³/mol. The van der Waals surface area contributed by atoms with Crippen molar-refractivity contribution in [2.75, 3.05) is 0 Å². The van der Waals surface area contributed by atoms with E-state index in [1.54, 1.807) is 0 Å². The van der Waals surface area contributed by atoms with E-state index >= 15 is 0 Å². The van der Waals surface area contributed by atoms with Crippen LogP contribution in [0.4, 0.5) is 0 Å². The third kappa shape index (κ3) is 2.84. The van der Waals surface area contributed by atoms with E-state index in [-0.39, 0.29) is 0 Å². The molecule has 1 heterocycles. The fourth-order valence-electron chi connectivity index (χ4n) is 3.59. The van der Waals surface area contributed by atoms with E-state index in [1.807, 2.05) is 6.07 Å². The van der Waals surface area contributed by atoms with Crippen LogP contribution < -0.4 is 0 Å². The van der Waals surface area contributed by atoms with Crippen molar-refractivity contribution in [3.63, 3.8) is 0 Å². The van der Waals surface area contributed by atoms with Crippen molar-refractivity contribution in [1.82, 2.24) is 9.55 Å². The summed E-state index contributed by atoms with van der Waals surface area (Å²) in [4.78, 5) is 4.89. The average Bonchev–Trinajstić information content (AvgIpc) is 3.04. The first-order chi connectivity index (χ1) is 12.6. The van der Waals surface area contributed by atoms with Crippen LogP contribution in [0.2, 0.25) is 0 Å². The minimum absolute atomic E-state index is 1.00. The summed E-state index contributed by atoms with van der Waals surface area (Å²) >= 11 is 0. The Morgan fingerprint density at radius 1 is 0.654 bits per heavy atom. The van der Waals surface area contributed by atoms with Gasteiger partial charge in [-0.25, -0.2) is 4.98 Å². The van der Waals surface area contributed by atoms with Gasteiger partial charge < -0.3 is 4.57 Å². The molecular weight excluding hydrogens is 316 g/mol. The summed E-state index contributed by atoms with van der Waals surface area (Å²) in [6.45, 7) is 6.37. The van der Waals surface area contributed by atoms with Crippen LogP contribution in [0.5, 0.6) is 0 Å². The van der Waals surface area contributed by atoms with Gasteiger partial charge in [-0.1, -0.05) is 72.8 Å². The first-order valence-corrected chi connectivity index (χ1v) is 8.92. The molecule has 2 heteroatoms. The molecule has 4 rings (SSSR count). The van der Waals surface area contributed by atoms with Crippen LogP contribution in [0.1, 0.15) is 17.0 Å². The Kier molecular flexibility index (Phi) is 4.18. The van der Waals surface area contributed by atoms with Gasteiger partial charge in [0.1, 0.15) is 5.82 Å². The van der Waals surface area contributed by atoms with Gasteiger partial charge in [-0.2, -0.15) is 0 Å². The van der Waals surface area contributed by atoms with Gasteiger partial charge in [0.2, 0.25) is 0 Å². The number of imidazole rings is 1. The lowest BCUT2D eigenvalue weighted by Crippen LogP contribution is -2.00. The Balaban J connectivity index is 1.88. The standard InChI is InChI=1S/C24H22N2/c1-17-10-9-11-18(2)24(17)26-16-23(25-19(26)3)22-15-8-7-14-21(22)20-12-5-4-6-13-20/h4-16H,1-3H3. The predicted octanol–water partition coefficient (Wildman–Crippen LogP) is 6.13. The van der Waals surface area contributed by atoms with Crippen molar-refractivity contribution >= 4 is 0 Å². The quantitative estimate of drug-likeness (QED) is 0.439. The molecule has 4 aromatic rings. The van der Waals surface area contributed by atoms with E-state index in [1.165, 1.54) is 27.9 Å². The molecule has 2 nitrogen and oxygen atoms in total. The van der Waals surface area contributed by atoms with Crippen LogP contribution in [0.3, 0.4) is 0 Å². The van der Waals surface area contributed by atoms with Crippen molar-refractivity contribution in [3.8, 4) is 28.1 Å². The summed E-state index contributed by atoms with van der Waals surface area (Å²) in [6, 6.07) is 25.4. The number of nitrogens with zero attached hydrogens (tertiary/aromatic N) is 2. The fraction of sp³-hybridized carbons (Fsp3) is 0.125. The van der Waals surface area contributed by atoms with Gasteiger partial charge in [0.05, 0.1) is 11.4 Å². The Morgan fingerprint density at radius 3 is 1.96 bits per heavy atom. The molecule has 1 aromatic heterocycles. The molecule has 0 saturated heterocycles. The Morgan fingerprint density at radius 2 is 1.27 bits per heavy atom. The van der Waals surface area contributed by atoms with E-state index in [0.717, 1.165) is 17.1 Å². The Hall–Kier alpha value is -3.13. The fourth-order valence-corrected chi connectivity index (χ4v) is 3.59. The van der Waals surface area contributed by atoms with Crippen LogP contribution in [-0.2, 0) is 0 Å². The van der Waals surface area contributed by atoms with Gasteiger partial charge >= 0.3 is 0 Å². The van der Waals surface area contributed by atoms with Crippen molar-refractivity contribution in [1.29, 1.82) is 0 Å². The van der Waals surface area contributed by atoms with Crippen LogP contribution in [0.15, 0.2) is 79.0 Å². The first-order valence-electron chi connectivity index (χ1n) is 8.92. The highest BCUT2D eigenvalue weighted by Crippen LogP contribution is 2.32. The smallest absolute Gasteiger partial charge is 0.110 e. The zero-order valence-electron chi connectivity index (χ0n) is 15.4. The summed E-state index contributed by atoms with van der Waals surface area (Å²) in [6.07, 6.45) is 2.16. The zero-order chi connectivity index (χ0) is 18.1. The number of aromatic nitrogens is 2. The molecule has 0 aliphatic rings. The molecule has 0 aliphatic carbocycles. The van der Waals surface area contributed by atoms with Crippen LogP contribution in [0, 0.1) is 20.8 Å². The van der Waals surface area contributed by atoms with E-state index < -0.39 is 0 Å². The normalized spacial score (nSPS) is 10.9. The molecule has 0 spiro atoms. The van der Waals surface area contributed by atoms with Crippen molar-refractivity contribution in [2.45, 2.75) is 20.8 Å². The third-order valence-electron chi connectivity index (χ3n) is 4.85. The number of aryl methyl sites for hydroxylation is 3. The second kappa shape index (κ2) is 6.64. The second-order valence-electron chi connectivity index (χ2n) is 6.70. The van der Waals surface area contributed by atoms with Gasteiger partial charge in [0.15, 0.2) is 0 Å². The molecule has 0 unspecified atom stereocenters. The highest BCUT2D eigenvalue weighted by Gasteiger charge is 2.14. The summed E-state index contributed by atoms with van der Waals surface area (Å²) in [5.74, 6) is 1.00. The zero-order valence-corrected chi connectivity index (χ0v) is 15.4. The van der Waals surface area contributed by atoms with E-state index in [9.17, 15) is 0 Å². The first kappa shape index (κ1) is 16.3. The number of benzene rings is 3. The molecule has 3 aromatic carbocycles. The van der Waals surface area contributed by atoms with Crippen LogP contribution in [0.25, 0.3) is 28.1 Å². The van der Waals surface area contributed by atoms with Crippen LogP contribution in [-0.4, -0.2) is 9.55 Å². The molecule has 0 fully saturated rings. The van der Waals surface area contributed by atoms with Gasteiger partial charge in [0, 0.05) is 11.8 Å². The van der Waals surface area contributed by atoms with Gasteiger partial charge in [0.25, 0.3) is 0 Å². The lowest BCUT2D eigenvalue weighted by Gasteiger charge is -2.12. The molecule has 0 radical (unpaired) electrons. The summed E-state index contributed by atoms with van der Waals surface area (Å²) in [5.41, 5.74) is 8.32. The molecule has 0 aliphatic heterocycles. The molecular formula is C24H22N2. The summed E-state index contributed by atoms with van der Waals surface area (Å²) < 4.78 is 2.21. The lowest BCUT2D eigenvalue weighted by atomic mass is 9.98. The minimum Gasteiger partial charge on any atom is -0.303 e. The monoisotopic (exact) mass is 338 g/mol. The minimum atomic E-state index is 1.00. The number of para-hydroxylation sites is 1. The van der Waals surface area contributed by atoms with E-state index in [0.29, 0.717) is 0 Å². The molecule has 0 atom stereocenters. The summed E-state index contributed by atoms with van der Waals surface area (Å²) in [7, 11) is 0. The highest BCUT2D eigenvalue weighted by atomic mass is 15.1. The van der Waals surface area contributed by atoms with Crippen molar-refractivity contribution in [3.05, 3.63) is 95.9 Å². The Labute approximate surface area is 154 Å². The number of hydrogen-bond acceptors (Lipinski definition) is 1. The third-order valence-corrected chi connectivity index (χ3v) is 4.85. The molecule has 128 valence electrons. The highest BCUT2D eigenvalue weighted by molar-refractivity contribution is 5.81. The maximum atomic E-state index is 4.89. The largest absolute Gasteiger partial charge is 0.303 e. The summed E-state index contributed by atoms with van der Waals surface area (Å²) in [5, 5.41) is 0. The van der Waals surface area contributed by atoms with Crippen molar-refractivity contribution < 1.29 is 0 Å². The van der Waals surface area contributed by atoms with Crippen molar-refractivity contribution in [2.24, 2.45) is 0 Å². The van der Waals surface area contributed by atoms with Gasteiger partial charge in [-0.15, -0.1) is 0 Å². The SMILES string of the molecule is Cc1cccc(C)c1-n1cc(-c2ccccc2-c2ccccc2)nc1C. The average molecular weight is 338 g/mol. The van der Waals surface area contributed by atoms with Crippen LogP contribution >= 0.6 is 0 Å². The molecule has 0 saturated carbocycles. The van der Waals surface area contributed by atoms with E-state index in [4.69, 9.17) is 4.98 Å². The van der Waals surface area contributed by atoms with Gasteiger partial charge in [-0.3, -0.25) is 0 Å².